The van der Waals surface area contributed by atoms with Crippen molar-refractivity contribution in [3.63, 3.8) is 0 Å². The van der Waals surface area contributed by atoms with E-state index in [2.05, 4.69) is 6.92 Å². The summed E-state index contributed by atoms with van der Waals surface area (Å²) in [5.41, 5.74) is 0.540. The third-order valence-electron chi connectivity index (χ3n) is 5.71. The van der Waals surface area contributed by atoms with Crippen LogP contribution in [0.4, 0.5) is 4.39 Å². The predicted octanol–water partition coefficient (Wildman–Crippen LogP) is 5.79. The molecule has 2 aliphatic rings. The molecule has 1 heterocycles. The van der Waals surface area contributed by atoms with Crippen LogP contribution in [0, 0.1) is 30.5 Å². The summed E-state index contributed by atoms with van der Waals surface area (Å²) in [5.74, 6) is 2.03. The second-order valence-corrected chi connectivity index (χ2v) is 8.03. The highest BCUT2D eigenvalue weighted by Gasteiger charge is 2.31. The van der Waals surface area contributed by atoms with Crippen molar-refractivity contribution >= 4 is 11.6 Å². The van der Waals surface area contributed by atoms with E-state index >= 15 is 0 Å². The maximum Gasteiger partial charge on any atom is 0.148 e. The lowest BCUT2D eigenvalue weighted by atomic mass is 9.78. The molecule has 1 saturated heterocycles. The van der Waals surface area contributed by atoms with Crippen LogP contribution in [0.15, 0.2) is 12.1 Å². The summed E-state index contributed by atoms with van der Waals surface area (Å²) in [5, 5.41) is 0.0842. The molecule has 2 fully saturated rings. The number of hydrogen-bond donors (Lipinski definition) is 0. The molecule has 2 nitrogen and oxygen atoms in total. The van der Waals surface area contributed by atoms with Gasteiger partial charge in [0.1, 0.15) is 16.6 Å². The Balaban J connectivity index is 1.45. The van der Waals surface area contributed by atoms with Gasteiger partial charge in [0.2, 0.25) is 0 Å². The molecule has 3 rings (SSSR count). The average molecular weight is 355 g/mol. The lowest BCUT2D eigenvalue weighted by Crippen LogP contribution is -2.35. The Bertz CT molecular complexity index is 547. The Morgan fingerprint density at radius 1 is 1.17 bits per heavy atom. The summed E-state index contributed by atoms with van der Waals surface area (Å²) >= 11 is 6.02. The molecule has 0 spiro atoms. The largest absolute Gasteiger partial charge is 0.492 e. The summed E-state index contributed by atoms with van der Waals surface area (Å²) in [4.78, 5) is 0. The molecule has 0 amide bonds. The highest BCUT2D eigenvalue weighted by molar-refractivity contribution is 6.32. The Hall–Kier alpha value is -0.800. The molecular formula is C20H28ClFO2. The first-order chi connectivity index (χ1) is 11.5. The van der Waals surface area contributed by atoms with E-state index in [1.165, 1.54) is 25.7 Å². The molecule has 0 bridgehead atoms. The van der Waals surface area contributed by atoms with Crippen LogP contribution < -0.4 is 4.74 Å². The first kappa shape index (κ1) is 18.0. The Morgan fingerprint density at radius 3 is 2.58 bits per heavy atom. The van der Waals surface area contributed by atoms with E-state index in [4.69, 9.17) is 21.1 Å². The second-order valence-electron chi connectivity index (χ2n) is 7.65. The van der Waals surface area contributed by atoms with E-state index < -0.39 is 0 Å². The summed E-state index contributed by atoms with van der Waals surface area (Å²) < 4.78 is 25.7. The number of halogens is 2. The quantitative estimate of drug-likeness (QED) is 0.681. The molecule has 2 atom stereocenters. The Labute approximate surface area is 149 Å². The molecule has 0 aromatic heterocycles. The van der Waals surface area contributed by atoms with Crippen molar-refractivity contribution in [2.24, 2.45) is 17.8 Å². The van der Waals surface area contributed by atoms with E-state index in [1.807, 2.05) is 0 Å². The van der Waals surface area contributed by atoms with Gasteiger partial charge in [-0.2, -0.15) is 0 Å². The minimum atomic E-state index is -0.388. The number of rotatable bonds is 4. The van der Waals surface area contributed by atoms with Gasteiger partial charge in [-0.15, -0.1) is 0 Å². The minimum Gasteiger partial charge on any atom is -0.492 e. The van der Waals surface area contributed by atoms with Crippen molar-refractivity contribution < 1.29 is 13.9 Å². The smallest absolute Gasteiger partial charge is 0.148 e. The van der Waals surface area contributed by atoms with Gasteiger partial charge >= 0.3 is 0 Å². The van der Waals surface area contributed by atoms with Gasteiger partial charge in [-0.1, -0.05) is 37.4 Å². The molecule has 134 valence electrons. The fourth-order valence-corrected chi connectivity index (χ4v) is 4.20. The molecule has 4 heteroatoms. The molecule has 24 heavy (non-hydrogen) atoms. The predicted molar refractivity (Wildman–Crippen MR) is 95.2 cm³/mol. The van der Waals surface area contributed by atoms with Gasteiger partial charge in [-0.25, -0.2) is 4.39 Å². The lowest BCUT2D eigenvalue weighted by molar-refractivity contribution is -0.0647. The van der Waals surface area contributed by atoms with Crippen LogP contribution in [-0.2, 0) is 4.74 Å². The van der Waals surface area contributed by atoms with E-state index in [-0.39, 0.29) is 10.8 Å². The average Bonchev–Trinajstić information content (AvgIpc) is 2.60. The summed E-state index contributed by atoms with van der Waals surface area (Å²) in [6.45, 7) is 5.33. The van der Waals surface area contributed by atoms with Crippen molar-refractivity contribution in [1.29, 1.82) is 0 Å². The highest BCUT2D eigenvalue weighted by atomic mass is 35.5. The standard InChI is InChI=1S/C20H28ClFO2/c1-13-3-7-16(8-4-13)17-10-6-15(11-23-17)12-24-18-9-5-14(2)20(22)19(18)21/h5,9,13,15-17H,3-4,6-8,10-12H2,1-2H3/t13?,15-,16?,17?/m1/s1. The molecule has 1 unspecified atom stereocenters. The van der Waals surface area contributed by atoms with Gasteiger partial charge in [0.15, 0.2) is 0 Å². The first-order valence-corrected chi connectivity index (χ1v) is 9.61. The Morgan fingerprint density at radius 2 is 1.92 bits per heavy atom. The number of benzene rings is 1. The normalized spacial score (nSPS) is 31.0. The highest BCUT2D eigenvalue weighted by Crippen LogP contribution is 2.36. The first-order valence-electron chi connectivity index (χ1n) is 9.23. The van der Waals surface area contributed by atoms with Crippen molar-refractivity contribution in [1.82, 2.24) is 0 Å². The summed E-state index contributed by atoms with van der Waals surface area (Å²) in [7, 11) is 0. The SMILES string of the molecule is Cc1ccc(OC[C@@H]2CCC(C3CCC(C)CC3)OC2)c(Cl)c1F. The Kier molecular flexibility index (Phi) is 6.04. The molecule has 1 aromatic rings. The number of ether oxygens (including phenoxy) is 2. The van der Waals surface area contributed by atoms with Gasteiger partial charge in [-0.3, -0.25) is 0 Å². The van der Waals surface area contributed by atoms with Crippen LogP contribution in [0.3, 0.4) is 0 Å². The summed E-state index contributed by atoms with van der Waals surface area (Å²) in [6.07, 6.45) is 7.96. The van der Waals surface area contributed by atoms with Crippen molar-refractivity contribution in [2.45, 2.75) is 58.5 Å². The van der Waals surface area contributed by atoms with Crippen molar-refractivity contribution in [3.8, 4) is 5.75 Å². The maximum atomic E-state index is 13.8. The topological polar surface area (TPSA) is 18.5 Å². The second kappa shape index (κ2) is 8.05. The van der Waals surface area contributed by atoms with Crippen LogP contribution in [-0.4, -0.2) is 19.3 Å². The zero-order valence-electron chi connectivity index (χ0n) is 14.7. The fourth-order valence-electron chi connectivity index (χ4n) is 3.93. The van der Waals surface area contributed by atoms with E-state index in [1.54, 1.807) is 19.1 Å². The molecule has 1 aromatic carbocycles. The molecule has 1 aliphatic heterocycles. The van der Waals surface area contributed by atoms with Crippen molar-refractivity contribution in [2.75, 3.05) is 13.2 Å². The van der Waals surface area contributed by atoms with Gasteiger partial charge in [0, 0.05) is 5.92 Å². The van der Waals surface area contributed by atoms with Crippen LogP contribution in [0.1, 0.15) is 51.0 Å². The molecule has 0 radical (unpaired) electrons. The zero-order chi connectivity index (χ0) is 17.1. The van der Waals surface area contributed by atoms with Crippen LogP contribution in [0.5, 0.6) is 5.75 Å². The monoisotopic (exact) mass is 354 g/mol. The fraction of sp³-hybridized carbons (Fsp3) is 0.700. The lowest BCUT2D eigenvalue weighted by Gasteiger charge is -2.37. The number of hydrogen-bond acceptors (Lipinski definition) is 2. The van der Waals surface area contributed by atoms with E-state index in [9.17, 15) is 4.39 Å². The molecule has 0 N–H and O–H groups in total. The molecule has 1 aliphatic carbocycles. The van der Waals surface area contributed by atoms with E-state index in [0.29, 0.717) is 29.9 Å². The third-order valence-corrected chi connectivity index (χ3v) is 6.06. The minimum absolute atomic E-state index is 0.0842. The van der Waals surface area contributed by atoms with Crippen LogP contribution >= 0.6 is 11.6 Å². The van der Waals surface area contributed by atoms with Crippen molar-refractivity contribution in [3.05, 3.63) is 28.5 Å². The van der Waals surface area contributed by atoms with Crippen LogP contribution in [0.2, 0.25) is 5.02 Å². The molecular weight excluding hydrogens is 327 g/mol. The van der Waals surface area contributed by atoms with Gasteiger partial charge in [-0.05, 0) is 56.1 Å². The van der Waals surface area contributed by atoms with Gasteiger partial charge < -0.3 is 9.47 Å². The molecule has 1 saturated carbocycles. The van der Waals surface area contributed by atoms with Gasteiger partial charge in [0.05, 0.1) is 19.3 Å². The van der Waals surface area contributed by atoms with Crippen LogP contribution in [0.25, 0.3) is 0 Å². The van der Waals surface area contributed by atoms with Gasteiger partial charge in [0.25, 0.3) is 0 Å². The third kappa shape index (κ3) is 4.23. The summed E-state index contributed by atoms with van der Waals surface area (Å²) in [6, 6.07) is 3.45. The number of aryl methyl sites for hydroxylation is 1. The van der Waals surface area contributed by atoms with E-state index in [0.717, 1.165) is 31.3 Å². The zero-order valence-corrected chi connectivity index (χ0v) is 15.4. The maximum absolute atomic E-state index is 13.8.